The van der Waals surface area contributed by atoms with E-state index in [4.69, 9.17) is 14.2 Å². The highest BCUT2D eigenvalue weighted by atomic mass is 16.7. The summed E-state index contributed by atoms with van der Waals surface area (Å²) in [5.41, 5.74) is 1.29. The van der Waals surface area contributed by atoms with Crippen molar-refractivity contribution in [3.05, 3.63) is 42.0 Å². The molecule has 0 N–H and O–H groups in total. The second-order valence-corrected chi connectivity index (χ2v) is 4.49. The monoisotopic (exact) mass is 244 g/mol. The Hall–Kier alpha value is -1.58. The van der Waals surface area contributed by atoms with Gasteiger partial charge >= 0.3 is 0 Å². The average molecular weight is 244 g/mol. The topological polar surface area (TPSA) is 27.7 Å². The summed E-state index contributed by atoms with van der Waals surface area (Å²) in [5, 5.41) is 2.44. The van der Waals surface area contributed by atoms with Crippen molar-refractivity contribution in [2.24, 2.45) is 0 Å². The molecular formula is C15H16O3. The molecule has 2 aromatic rings. The first-order valence-electron chi connectivity index (χ1n) is 6.10. The normalized spacial score (nSPS) is 16.9. The molecular weight excluding hydrogens is 228 g/mol. The van der Waals surface area contributed by atoms with Gasteiger partial charge in [0.15, 0.2) is 0 Å². The van der Waals surface area contributed by atoms with Crippen molar-refractivity contribution >= 4 is 10.8 Å². The number of rotatable bonds is 2. The molecule has 1 aliphatic rings. The highest BCUT2D eigenvalue weighted by Crippen LogP contribution is 2.30. The fraction of sp³-hybridized carbons (Fsp3) is 0.333. The number of benzene rings is 2. The number of methoxy groups -OCH3 is 1. The zero-order chi connectivity index (χ0) is 12.4. The Morgan fingerprint density at radius 3 is 2.72 bits per heavy atom. The van der Waals surface area contributed by atoms with Crippen LogP contribution in [-0.4, -0.2) is 27.1 Å². The van der Waals surface area contributed by atoms with Gasteiger partial charge in [-0.25, -0.2) is 0 Å². The van der Waals surface area contributed by atoms with Crippen LogP contribution in [0.3, 0.4) is 0 Å². The van der Waals surface area contributed by atoms with E-state index in [1.165, 1.54) is 16.3 Å². The zero-order valence-electron chi connectivity index (χ0n) is 10.4. The second-order valence-electron chi connectivity index (χ2n) is 4.49. The molecule has 0 unspecified atom stereocenters. The lowest BCUT2D eigenvalue weighted by atomic mass is 9.94. The maximum atomic E-state index is 5.38. The van der Waals surface area contributed by atoms with Gasteiger partial charge in [0.2, 0.25) is 0 Å². The summed E-state index contributed by atoms with van der Waals surface area (Å²) in [7, 11) is 1.69. The van der Waals surface area contributed by atoms with Crippen molar-refractivity contribution in [3.8, 4) is 5.75 Å². The van der Waals surface area contributed by atoms with Crippen LogP contribution in [0.5, 0.6) is 5.75 Å². The van der Waals surface area contributed by atoms with E-state index in [1.807, 2.05) is 6.07 Å². The summed E-state index contributed by atoms with van der Waals surface area (Å²) in [5.74, 6) is 1.20. The molecule has 1 fully saturated rings. The van der Waals surface area contributed by atoms with Crippen molar-refractivity contribution in [1.82, 2.24) is 0 Å². The summed E-state index contributed by atoms with van der Waals surface area (Å²) in [6.45, 7) is 1.87. The molecule has 0 spiro atoms. The fourth-order valence-electron chi connectivity index (χ4n) is 2.44. The summed E-state index contributed by atoms with van der Waals surface area (Å²) in [6.07, 6.45) is 0. The quantitative estimate of drug-likeness (QED) is 0.813. The molecule has 0 saturated carbocycles. The molecule has 3 rings (SSSR count). The molecule has 18 heavy (non-hydrogen) atoms. The number of hydrogen-bond donors (Lipinski definition) is 0. The van der Waals surface area contributed by atoms with Gasteiger partial charge in [-0.1, -0.05) is 24.3 Å². The minimum Gasteiger partial charge on any atom is -0.497 e. The zero-order valence-corrected chi connectivity index (χ0v) is 10.4. The SMILES string of the molecule is COc1ccc2c(C3COCOC3)cccc2c1. The van der Waals surface area contributed by atoms with Gasteiger partial charge in [-0.2, -0.15) is 0 Å². The van der Waals surface area contributed by atoms with Crippen LogP contribution in [0.15, 0.2) is 36.4 Å². The molecule has 0 aromatic heterocycles. The van der Waals surface area contributed by atoms with E-state index in [0.29, 0.717) is 12.7 Å². The van der Waals surface area contributed by atoms with Gasteiger partial charge in [-0.15, -0.1) is 0 Å². The molecule has 0 amide bonds. The van der Waals surface area contributed by atoms with E-state index in [-0.39, 0.29) is 0 Å². The van der Waals surface area contributed by atoms with Crippen molar-refractivity contribution in [2.75, 3.05) is 27.1 Å². The Morgan fingerprint density at radius 2 is 1.94 bits per heavy atom. The van der Waals surface area contributed by atoms with Gasteiger partial charge < -0.3 is 14.2 Å². The van der Waals surface area contributed by atoms with Crippen molar-refractivity contribution in [1.29, 1.82) is 0 Å². The van der Waals surface area contributed by atoms with Gasteiger partial charge in [0.25, 0.3) is 0 Å². The van der Waals surface area contributed by atoms with Gasteiger partial charge in [0.05, 0.1) is 20.3 Å². The molecule has 3 nitrogen and oxygen atoms in total. The predicted molar refractivity (Wildman–Crippen MR) is 70.0 cm³/mol. The smallest absolute Gasteiger partial charge is 0.146 e. The maximum absolute atomic E-state index is 5.38. The number of hydrogen-bond acceptors (Lipinski definition) is 3. The van der Waals surface area contributed by atoms with Crippen molar-refractivity contribution in [2.45, 2.75) is 5.92 Å². The van der Waals surface area contributed by atoms with Crippen LogP contribution in [0.2, 0.25) is 0 Å². The lowest BCUT2D eigenvalue weighted by Gasteiger charge is -2.24. The lowest BCUT2D eigenvalue weighted by molar-refractivity contribution is -0.108. The molecule has 0 bridgehead atoms. The third-order valence-electron chi connectivity index (χ3n) is 3.37. The Labute approximate surface area is 106 Å². The standard InChI is InChI=1S/C15H16O3/c1-16-13-5-6-15-11(7-13)3-2-4-14(15)12-8-17-10-18-9-12/h2-7,12H,8-10H2,1H3. The molecule has 1 saturated heterocycles. The molecule has 0 aliphatic carbocycles. The summed E-state index contributed by atoms with van der Waals surface area (Å²) in [6, 6.07) is 12.5. The molecule has 2 aromatic carbocycles. The Balaban J connectivity index is 2.05. The highest BCUT2D eigenvalue weighted by Gasteiger charge is 2.18. The van der Waals surface area contributed by atoms with Crippen LogP contribution in [0, 0.1) is 0 Å². The average Bonchev–Trinajstić information content (AvgIpc) is 2.47. The minimum absolute atomic E-state index is 0.316. The van der Waals surface area contributed by atoms with Gasteiger partial charge in [0, 0.05) is 5.92 Å². The van der Waals surface area contributed by atoms with Crippen LogP contribution in [-0.2, 0) is 9.47 Å². The molecule has 1 heterocycles. The maximum Gasteiger partial charge on any atom is 0.146 e. The molecule has 94 valence electrons. The van der Waals surface area contributed by atoms with Crippen LogP contribution < -0.4 is 4.74 Å². The first-order valence-corrected chi connectivity index (χ1v) is 6.10. The van der Waals surface area contributed by atoms with E-state index in [0.717, 1.165) is 19.0 Å². The van der Waals surface area contributed by atoms with E-state index in [2.05, 4.69) is 30.3 Å². The van der Waals surface area contributed by atoms with Crippen LogP contribution in [0.4, 0.5) is 0 Å². The number of ether oxygens (including phenoxy) is 3. The fourth-order valence-corrected chi connectivity index (χ4v) is 2.44. The van der Waals surface area contributed by atoms with Crippen LogP contribution >= 0.6 is 0 Å². The first kappa shape index (κ1) is 11.5. The Kier molecular flexibility index (Phi) is 3.17. The van der Waals surface area contributed by atoms with Gasteiger partial charge in [-0.05, 0) is 28.5 Å². The third kappa shape index (κ3) is 2.07. The second kappa shape index (κ2) is 4.96. The third-order valence-corrected chi connectivity index (χ3v) is 3.37. The van der Waals surface area contributed by atoms with Crippen LogP contribution in [0.25, 0.3) is 10.8 Å². The van der Waals surface area contributed by atoms with E-state index in [1.54, 1.807) is 7.11 Å². The van der Waals surface area contributed by atoms with E-state index < -0.39 is 0 Å². The van der Waals surface area contributed by atoms with Gasteiger partial charge in [-0.3, -0.25) is 0 Å². The largest absolute Gasteiger partial charge is 0.497 e. The van der Waals surface area contributed by atoms with Crippen molar-refractivity contribution < 1.29 is 14.2 Å². The van der Waals surface area contributed by atoms with Gasteiger partial charge in [0.1, 0.15) is 12.5 Å². The van der Waals surface area contributed by atoms with E-state index >= 15 is 0 Å². The van der Waals surface area contributed by atoms with Crippen molar-refractivity contribution in [3.63, 3.8) is 0 Å². The first-order chi connectivity index (χ1) is 8.88. The Bertz CT molecular complexity index is 544. The molecule has 0 atom stereocenters. The molecule has 0 radical (unpaired) electrons. The molecule has 1 aliphatic heterocycles. The Morgan fingerprint density at radius 1 is 1.11 bits per heavy atom. The minimum atomic E-state index is 0.316. The van der Waals surface area contributed by atoms with E-state index in [9.17, 15) is 0 Å². The molecule has 3 heteroatoms. The predicted octanol–water partition coefficient (Wildman–Crippen LogP) is 2.94. The highest BCUT2D eigenvalue weighted by molar-refractivity contribution is 5.87. The summed E-state index contributed by atoms with van der Waals surface area (Å²) < 4.78 is 16.0. The van der Waals surface area contributed by atoms with Crippen LogP contribution in [0.1, 0.15) is 11.5 Å². The summed E-state index contributed by atoms with van der Waals surface area (Å²) in [4.78, 5) is 0. The lowest BCUT2D eigenvalue weighted by Crippen LogP contribution is -2.22. The number of fused-ring (bicyclic) bond motifs is 1. The summed E-state index contributed by atoms with van der Waals surface area (Å²) >= 11 is 0.